The van der Waals surface area contributed by atoms with Gasteiger partial charge in [0.05, 0.1) is 20.3 Å². The van der Waals surface area contributed by atoms with Crippen LogP contribution in [0.25, 0.3) is 16.7 Å². The zero-order valence-electron chi connectivity index (χ0n) is 10.4. The predicted octanol–water partition coefficient (Wildman–Crippen LogP) is 4.88. The fraction of sp³-hybridized carbons (Fsp3) is 0.0714. The van der Waals surface area contributed by atoms with Crippen LogP contribution in [-0.4, -0.2) is 9.55 Å². The predicted molar refractivity (Wildman–Crippen MR) is 85.8 cm³/mol. The Morgan fingerprint density at radius 3 is 2.60 bits per heavy atom. The zero-order chi connectivity index (χ0) is 14.4. The van der Waals surface area contributed by atoms with Crippen LogP contribution in [0.1, 0.15) is 5.56 Å². The van der Waals surface area contributed by atoms with E-state index in [0.29, 0.717) is 19.5 Å². The van der Waals surface area contributed by atoms with Crippen molar-refractivity contribution < 1.29 is 8.78 Å². The lowest BCUT2D eigenvalue weighted by atomic mass is 10.2. The van der Waals surface area contributed by atoms with E-state index in [1.807, 2.05) is 28.7 Å². The number of imidazole rings is 1. The molecule has 0 fully saturated rings. The number of hydrogen-bond donors (Lipinski definition) is 1. The van der Waals surface area contributed by atoms with Crippen LogP contribution < -0.4 is 0 Å². The minimum atomic E-state index is -0.345. The second kappa shape index (κ2) is 4.92. The summed E-state index contributed by atoms with van der Waals surface area (Å²) in [5.41, 5.74) is 2.68. The second-order valence-electron chi connectivity index (χ2n) is 4.54. The van der Waals surface area contributed by atoms with Gasteiger partial charge in [0.1, 0.15) is 11.6 Å². The van der Waals surface area contributed by atoms with Gasteiger partial charge in [0.15, 0.2) is 4.77 Å². The average molecular weight is 402 g/mol. The first-order valence-corrected chi connectivity index (χ1v) is 7.32. The normalized spacial score (nSPS) is 11.2. The molecule has 0 atom stereocenters. The third kappa shape index (κ3) is 2.26. The molecule has 3 aromatic rings. The van der Waals surface area contributed by atoms with Gasteiger partial charge in [-0.2, -0.15) is 0 Å². The minimum Gasteiger partial charge on any atom is -0.330 e. The molecule has 0 aliphatic carbocycles. The van der Waals surface area contributed by atoms with E-state index in [-0.39, 0.29) is 11.6 Å². The van der Waals surface area contributed by atoms with Crippen molar-refractivity contribution in [2.24, 2.45) is 0 Å². The molecular weight excluding hydrogens is 393 g/mol. The molecule has 1 aromatic heterocycles. The van der Waals surface area contributed by atoms with Gasteiger partial charge < -0.3 is 4.98 Å². The first-order chi connectivity index (χ1) is 9.45. The van der Waals surface area contributed by atoms with E-state index >= 15 is 0 Å². The molecule has 2 aromatic carbocycles. The van der Waals surface area contributed by atoms with Crippen LogP contribution in [0.4, 0.5) is 8.78 Å². The number of benzene rings is 2. The van der Waals surface area contributed by atoms with Crippen molar-refractivity contribution in [2.45, 2.75) is 6.92 Å². The fourth-order valence-corrected chi connectivity index (χ4v) is 2.99. The lowest BCUT2D eigenvalue weighted by Gasteiger charge is -2.06. The van der Waals surface area contributed by atoms with E-state index in [4.69, 9.17) is 12.2 Å². The van der Waals surface area contributed by atoms with Crippen LogP contribution in [-0.2, 0) is 0 Å². The van der Waals surface area contributed by atoms with Crippen LogP contribution in [0.5, 0.6) is 0 Å². The van der Waals surface area contributed by atoms with Gasteiger partial charge in [-0.15, -0.1) is 0 Å². The molecule has 0 aliphatic rings. The molecule has 1 heterocycles. The smallest absolute Gasteiger partial charge is 0.182 e. The standard InChI is InChI=1S/C14H9F2IN2S/c1-7-2-8(15)4-9(3-7)19-13-5-10(16)11(17)6-12(13)18-14(19)20/h2-6H,1H3,(H,18,20). The molecule has 0 unspecified atom stereocenters. The van der Waals surface area contributed by atoms with Crippen LogP contribution in [0, 0.1) is 26.9 Å². The summed E-state index contributed by atoms with van der Waals surface area (Å²) in [6.07, 6.45) is 0. The van der Waals surface area contributed by atoms with Gasteiger partial charge in [-0.1, -0.05) is 0 Å². The van der Waals surface area contributed by atoms with E-state index in [9.17, 15) is 8.78 Å². The summed E-state index contributed by atoms with van der Waals surface area (Å²) in [6, 6.07) is 7.72. The summed E-state index contributed by atoms with van der Waals surface area (Å²) >= 11 is 7.19. The summed E-state index contributed by atoms with van der Waals surface area (Å²) < 4.78 is 29.9. The maximum atomic E-state index is 13.8. The van der Waals surface area contributed by atoms with E-state index < -0.39 is 0 Å². The number of aryl methyl sites for hydroxylation is 1. The number of aromatic amines is 1. The molecule has 0 radical (unpaired) electrons. The molecule has 3 rings (SSSR count). The summed E-state index contributed by atoms with van der Waals surface area (Å²) in [6.45, 7) is 1.80. The first kappa shape index (κ1) is 13.7. The Labute approximate surface area is 132 Å². The molecule has 102 valence electrons. The second-order valence-corrected chi connectivity index (χ2v) is 6.08. The zero-order valence-corrected chi connectivity index (χ0v) is 13.4. The highest BCUT2D eigenvalue weighted by molar-refractivity contribution is 14.1. The number of halogens is 3. The Bertz CT molecular complexity index is 862. The monoisotopic (exact) mass is 402 g/mol. The fourth-order valence-electron chi connectivity index (χ4n) is 2.20. The highest BCUT2D eigenvalue weighted by Crippen LogP contribution is 2.24. The maximum absolute atomic E-state index is 13.8. The highest BCUT2D eigenvalue weighted by atomic mass is 127. The van der Waals surface area contributed by atoms with Crippen LogP contribution >= 0.6 is 34.8 Å². The third-order valence-corrected chi connectivity index (χ3v) is 4.12. The topological polar surface area (TPSA) is 20.7 Å². The molecule has 0 amide bonds. The molecule has 1 N–H and O–H groups in total. The molecule has 0 saturated heterocycles. The summed E-state index contributed by atoms with van der Waals surface area (Å²) in [4.78, 5) is 3.02. The SMILES string of the molecule is Cc1cc(F)cc(-n2c(=S)[nH]c3cc(I)c(F)cc32)c1. The van der Waals surface area contributed by atoms with Crippen LogP contribution in [0.2, 0.25) is 0 Å². The Kier molecular flexibility index (Phi) is 3.37. The van der Waals surface area contributed by atoms with Crippen molar-refractivity contribution in [3.05, 3.63) is 55.9 Å². The number of hydrogen-bond acceptors (Lipinski definition) is 1. The Balaban J connectivity index is 2.38. The number of rotatable bonds is 1. The Morgan fingerprint density at radius 2 is 1.90 bits per heavy atom. The Morgan fingerprint density at radius 1 is 1.15 bits per heavy atom. The average Bonchev–Trinajstić information content (AvgIpc) is 2.64. The number of H-pyrrole nitrogens is 1. The number of nitrogens with zero attached hydrogens (tertiary/aromatic N) is 1. The first-order valence-electron chi connectivity index (χ1n) is 5.83. The Hall–Kier alpha value is -1.28. The van der Waals surface area contributed by atoms with Crippen molar-refractivity contribution in [3.8, 4) is 5.69 Å². The van der Waals surface area contributed by atoms with E-state index in [1.54, 1.807) is 17.6 Å². The van der Waals surface area contributed by atoms with Crippen LogP contribution in [0.15, 0.2) is 30.3 Å². The van der Waals surface area contributed by atoms with Gasteiger partial charge in [-0.05, 0) is 71.6 Å². The molecule has 0 saturated carbocycles. The van der Waals surface area contributed by atoms with E-state index in [0.717, 1.165) is 11.1 Å². The van der Waals surface area contributed by atoms with Crippen molar-refractivity contribution in [1.29, 1.82) is 0 Å². The number of fused-ring (bicyclic) bond motifs is 1. The summed E-state index contributed by atoms with van der Waals surface area (Å²) in [5.74, 6) is -0.670. The van der Waals surface area contributed by atoms with E-state index in [2.05, 4.69) is 4.98 Å². The van der Waals surface area contributed by atoms with Crippen molar-refractivity contribution in [1.82, 2.24) is 9.55 Å². The summed E-state index contributed by atoms with van der Waals surface area (Å²) in [7, 11) is 0. The van der Waals surface area contributed by atoms with Crippen LogP contribution in [0.3, 0.4) is 0 Å². The maximum Gasteiger partial charge on any atom is 0.182 e. The highest BCUT2D eigenvalue weighted by Gasteiger charge is 2.11. The molecule has 0 aliphatic heterocycles. The number of nitrogens with one attached hydrogen (secondary N) is 1. The molecule has 2 nitrogen and oxygen atoms in total. The van der Waals surface area contributed by atoms with Crippen molar-refractivity contribution >= 4 is 45.8 Å². The molecule has 6 heteroatoms. The summed E-state index contributed by atoms with van der Waals surface area (Å²) in [5, 5.41) is 0. The van der Waals surface area contributed by atoms with Gasteiger partial charge in [-0.3, -0.25) is 4.57 Å². The molecule has 0 bridgehead atoms. The van der Waals surface area contributed by atoms with E-state index in [1.165, 1.54) is 18.2 Å². The van der Waals surface area contributed by atoms with Crippen molar-refractivity contribution in [2.75, 3.05) is 0 Å². The number of aromatic nitrogens is 2. The quantitative estimate of drug-likeness (QED) is 0.455. The largest absolute Gasteiger partial charge is 0.330 e. The van der Waals surface area contributed by atoms with Gasteiger partial charge >= 0.3 is 0 Å². The van der Waals surface area contributed by atoms with Crippen molar-refractivity contribution in [3.63, 3.8) is 0 Å². The van der Waals surface area contributed by atoms with Gasteiger partial charge in [0.25, 0.3) is 0 Å². The van der Waals surface area contributed by atoms with Gasteiger partial charge in [-0.25, -0.2) is 8.78 Å². The third-order valence-electron chi connectivity index (χ3n) is 3.01. The van der Waals surface area contributed by atoms with Gasteiger partial charge in [0, 0.05) is 6.07 Å². The lowest BCUT2D eigenvalue weighted by molar-refractivity contribution is 0.621. The molecule has 0 spiro atoms. The molecular formula is C14H9F2IN2S. The molecule has 20 heavy (non-hydrogen) atoms. The lowest BCUT2D eigenvalue weighted by Crippen LogP contribution is -1.96. The van der Waals surface area contributed by atoms with Gasteiger partial charge in [0.2, 0.25) is 0 Å². The minimum absolute atomic E-state index is 0.325.